The summed E-state index contributed by atoms with van der Waals surface area (Å²) in [6.07, 6.45) is -5.06. The molecule has 0 bridgehead atoms. The van der Waals surface area contributed by atoms with Crippen LogP contribution in [0.25, 0.3) is 16.8 Å². The zero-order chi connectivity index (χ0) is 21.2. The largest absolute Gasteiger partial charge is 0.438 e. The maximum absolute atomic E-state index is 14.7. The fraction of sp³-hybridized carbons (Fsp3) is 0.312. The second-order valence-corrected chi connectivity index (χ2v) is 7.40. The van der Waals surface area contributed by atoms with Gasteiger partial charge < -0.3 is 10.3 Å². The van der Waals surface area contributed by atoms with E-state index in [1.54, 1.807) is 20.8 Å². The number of hydrogen-bond acceptors (Lipinski definition) is 5. The Kier molecular flexibility index (Phi) is 4.34. The minimum atomic E-state index is -5.06. The van der Waals surface area contributed by atoms with Gasteiger partial charge in [-0.15, -0.1) is 0 Å². The number of fused-ring (bicyclic) bond motifs is 1. The standard InChI is InChI=1S/C16H13ClF4N4O3/c1-15(2,3)13-23-10-6(17)4-7(18)11(12(10)28-13)24-9(26)5-8(16(19,20)21)25(22)14(24)27/h4-5H,22H2,1-3H3. The zero-order valence-corrected chi connectivity index (χ0v) is 15.4. The van der Waals surface area contributed by atoms with Gasteiger partial charge in [0.1, 0.15) is 11.2 Å². The van der Waals surface area contributed by atoms with Crippen LogP contribution in [-0.4, -0.2) is 14.2 Å². The number of rotatable bonds is 1. The Labute approximate surface area is 158 Å². The number of oxazole rings is 1. The Bertz CT molecular complexity index is 1220. The van der Waals surface area contributed by atoms with E-state index in [0.29, 0.717) is 0 Å². The molecule has 150 valence electrons. The molecule has 0 aliphatic heterocycles. The normalized spacial score (nSPS) is 12.7. The van der Waals surface area contributed by atoms with Crippen LogP contribution >= 0.6 is 11.6 Å². The van der Waals surface area contributed by atoms with Crippen LogP contribution in [0.5, 0.6) is 0 Å². The topological polar surface area (TPSA) is 96.0 Å². The predicted octanol–water partition coefficient (Wildman–Crippen LogP) is 2.96. The van der Waals surface area contributed by atoms with Crippen molar-refractivity contribution in [2.75, 3.05) is 5.84 Å². The van der Waals surface area contributed by atoms with Crippen LogP contribution in [-0.2, 0) is 11.6 Å². The monoisotopic (exact) mass is 420 g/mol. The lowest BCUT2D eigenvalue weighted by Gasteiger charge is -2.14. The smallest absolute Gasteiger partial charge is 0.433 e. The number of halogens is 5. The molecule has 1 aromatic carbocycles. The van der Waals surface area contributed by atoms with E-state index in [2.05, 4.69) is 4.98 Å². The molecule has 0 saturated carbocycles. The molecule has 0 saturated heterocycles. The Balaban J connectivity index is 2.46. The third-order valence-electron chi connectivity index (χ3n) is 3.84. The molecule has 0 amide bonds. The van der Waals surface area contributed by atoms with Crippen LogP contribution in [0.15, 0.2) is 26.1 Å². The fourth-order valence-electron chi connectivity index (χ4n) is 2.51. The molecule has 0 radical (unpaired) electrons. The highest BCUT2D eigenvalue weighted by atomic mass is 35.5. The van der Waals surface area contributed by atoms with Crippen molar-refractivity contribution >= 4 is 22.7 Å². The van der Waals surface area contributed by atoms with Crippen molar-refractivity contribution in [3.8, 4) is 5.69 Å². The Hall–Kier alpha value is -2.82. The van der Waals surface area contributed by atoms with E-state index in [-0.39, 0.29) is 37.3 Å². The third-order valence-corrected chi connectivity index (χ3v) is 4.13. The van der Waals surface area contributed by atoms with E-state index in [9.17, 15) is 27.2 Å². The molecule has 3 aromatic rings. The predicted molar refractivity (Wildman–Crippen MR) is 92.7 cm³/mol. The average molecular weight is 421 g/mol. The Morgan fingerprint density at radius 3 is 2.32 bits per heavy atom. The highest BCUT2D eigenvalue weighted by Gasteiger charge is 2.36. The molecule has 0 atom stereocenters. The Morgan fingerprint density at radius 2 is 1.79 bits per heavy atom. The first-order valence-corrected chi connectivity index (χ1v) is 8.12. The van der Waals surface area contributed by atoms with Gasteiger partial charge in [0.05, 0.1) is 5.02 Å². The summed E-state index contributed by atoms with van der Waals surface area (Å²) in [4.78, 5) is 28.8. The minimum absolute atomic E-state index is 0.0576. The highest BCUT2D eigenvalue weighted by Crippen LogP contribution is 2.34. The van der Waals surface area contributed by atoms with E-state index >= 15 is 0 Å². The van der Waals surface area contributed by atoms with Gasteiger partial charge in [0.25, 0.3) is 5.56 Å². The minimum Gasteiger partial charge on any atom is -0.438 e. The van der Waals surface area contributed by atoms with Gasteiger partial charge in [0.15, 0.2) is 17.1 Å². The van der Waals surface area contributed by atoms with Gasteiger partial charge in [0.2, 0.25) is 5.89 Å². The van der Waals surface area contributed by atoms with E-state index in [0.717, 1.165) is 6.07 Å². The van der Waals surface area contributed by atoms with Gasteiger partial charge in [-0.05, 0) is 6.07 Å². The van der Waals surface area contributed by atoms with Crippen LogP contribution in [0.1, 0.15) is 32.4 Å². The molecule has 0 aliphatic carbocycles. The molecule has 7 nitrogen and oxygen atoms in total. The number of aromatic nitrogens is 3. The molecule has 0 aliphatic rings. The molecule has 2 heterocycles. The van der Waals surface area contributed by atoms with E-state index in [4.69, 9.17) is 21.9 Å². The summed E-state index contributed by atoms with van der Waals surface area (Å²) in [5.41, 5.74) is -6.55. The molecule has 2 aromatic heterocycles. The second-order valence-electron chi connectivity index (χ2n) is 6.99. The van der Waals surface area contributed by atoms with Gasteiger partial charge in [-0.25, -0.2) is 23.4 Å². The van der Waals surface area contributed by atoms with E-state index in [1.165, 1.54) is 0 Å². The summed E-state index contributed by atoms with van der Waals surface area (Å²) in [5, 5.41) is -0.163. The second kappa shape index (κ2) is 6.09. The summed E-state index contributed by atoms with van der Waals surface area (Å²) < 4.78 is 58.9. The van der Waals surface area contributed by atoms with Crippen molar-refractivity contribution in [3.63, 3.8) is 0 Å². The first-order chi connectivity index (χ1) is 12.7. The number of alkyl halides is 3. The summed E-state index contributed by atoms with van der Waals surface area (Å²) in [6, 6.07) is 0.862. The fourth-order valence-corrected chi connectivity index (χ4v) is 2.73. The first-order valence-electron chi connectivity index (χ1n) is 7.74. The quantitative estimate of drug-likeness (QED) is 0.482. The molecule has 0 spiro atoms. The van der Waals surface area contributed by atoms with Crippen molar-refractivity contribution in [2.24, 2.45) is 0 Å². The number of nitrogens with zero attached hydrogens (tertiary/aromatic N) is 3. The first kappa shape index (κ1) is 19.9. The van der Waals surface area contributed by atoms with Crippen LogP contribution in [0.3, 0.4) is 0 Å². The summed E-state index contributed by atoms with van der Waals surface area (Å²) in [5.74, 6) is 4.15. The van der Waals surface area contributed by atoms with Crippen molar-refractivity contribution in [2.45, 2.75) is 32.4 Å². The lowest BCUT2D eigenvalue weighted by molar-refractivity contribution is -0.143. The number of nitrogens with two attached hydrogens (primary N) is 1. The molecule has 3 rings (SSSR count). The van der Waals surface area contributed by atoms with Gasteiger partial charge in [-0.1, -0.05) is 32.4 Å². The van der Waals surface area contributed by atoms with Crippen LogP contribution < -0.4 is 17.1 Å². The van der Waals surface area contributed by atoms with Crippen molar-refractivity contribution in [1.29, 1.82) is 0 Å². The van der Waals surface area contributed by atoms with Gasteiger partial charge in [-0.2, -0.15) is 13.2 Å². The van der Waals surface area contributed by atoms with Crippen molar-refractivity contribution < 1.29 is 22.0 Å². The number of hydrogen-bond donors (Lipinski definition) is 1. The highest BCUT2D eigenvalue weighted by molar-refractivity contribution is 6.35. The molecule has 0 fully saturated rings. The molecule has 0 unspecified atom stereocenters. The summed E-state index contributed by atoms with van der Waals surface area (Å²) >= 11 is 5.97. The van der Waals surface area contributed by atoms with Gasteiger partial charge in [-0.3, -0.25) is 4.79 Å². The van der Waals surface area contributed by atoms with E-state index < -0.39 is 40.0 Å². The maximum Gasteiger partial charge on any atom is 0.433 e. The lowest BCUT2D eigenvalue weighted by Crippen LogP contribution is -2.45. The third kappa shape index (κ3) is 3.05. The molecule has 28 heavy (non-hydrogen) atoms. The number of benzene rings is 1. The zero-order valence-electron chi connectivity index (χ0n) is 14.7. The van der Waals surface area contributed by atoms with E-state index in [1.807, 2.05) is 0 Å². The van der Waals surface area contributed by atoms with Crippen molar-refractivity contribution in [3.05, 3.63) is 55.4 Å². The van der Waals surface area contributed by atoms with Gasteiger partial charge in [0, 0.05) is 11.5 Å². The van der Waals surface area contributed by atoms with Crippen LogP contribution in [0.2, 0.25) is 5.02 Å². The molecular weight excluding hydrogens is 408 g/mol. The van der Waals surface area contributed by atoms with Crippen LogP contribution in [0, 0.1) is 5.82 Å². The van der Waals surface area contributed by atoms with Crippen LogP contribution in [0.4, 0.5) is 17.6 Å². The molecule has 2 N–H and O–H groups in total. The Morgan fingerprint density at radius 1 is 1.18 bits per heavy atom. The maximum atomic E-state index is 14.7. The lowest BCUT2D eigenvalue weighted by atomic mass is 9.97. The van der Waals surface area contributed by atoms with Gasteiger partial charge >= 0.3 is 11.9 Å². The van der Waals surface area contributed by atoms with Crippen molar-refractivity contribution in [1.82, 2.24) is 14.2 Å². The molecule has 12 heteroatoms. The average Bonchev–Trinajstić information content (AvgIpc) is 2.98. The SMILES string of the molecule is CC(C)(C)c1nc2c(Cl)cc(F)c(-n3c(=O)cc(C(F)(F)F)n(N)c3=O)c2o1. The summed E-state index contributed by atoms with van der Waals surface area (Å²) in [6.45, 7) is 5.20. The summed E-state index contributed by atoms with van der Waals surface area (Å²) in [7, 11) is 0. The molecular formula is C16H13ClF4N4O3. The number of nitrogen functional groups attached to an aromatic ring is 1.